The second-order valence-corrected chi connectivity index (χ2v) is 8.63. The van der Waals surface area contributed by atoms with E-state index in [1.807, 2.05) is 18.2 Å². The Kier molecular flexibility index (Phi) is 5.65. The molecule has 2 fully saturated rings. The zero-order valence-corrected chi connectivity index (χ0v) is 17.9. The minimum Gasteiger partial charge on any atom is -0.369 e. The molecule has 0 N–H and O–H groups in total. The van der Waals surface area contributed by atoms with Crippen molar-refractivity contribution in [3.05, 3.63) is 66.0 Å². The van der Waals surface area contributed by atoms with Gasteiger partial charge < -0.3 is 4.90 Å². The van der Waals surface area contributed by atoms with E-state index in [0.29, 0.717) is 6.04 Å². The van der Waals surface area contributed by atoms with Crippen molar-refractivity contribution in [2.75, 3.05) is 44.2 Å². The van der Waals surface area contributed by atoms with Gasteiger partial charge in [0.25, 0.3) is 0 Å². The maximum Gasteiger partial charge on any atom is 0.0890 e. The average Bonchev–Trinajstić information content (AvgIpc) is 2.80. The molecule has 1 atom stereocenters. The second kappa shape index (κ2) is 8.70. The lowest BCUT2D eigenvalue weighted by molar-refractivity contribution is 0.0880. The van der Waals surface area contributed by atoms with Crippen LogP contribution in [0.15, 0.2) is 54.6 Å². The Balaban J connectivity index is 1.21. The summed E-state index contributed by atoms with van der Waals surface area (Å²) in [4.78, 5) is 17.5. The number of likely N-dealkylation sites (tertiary alicyclic amines) is 1. The van der Waals surface area contributed by atoms with Crippen LogP contribution in [0.5, 0.6) is 0 Å². The van der Waals surface area contributed by atoms with Gasteiger partial charge >= 0.3 is 0 Å². The molecule has 5 heteroatoms. The number of anilines is 1. The first kappa shape index (κ1) is 19.5. The molecule has 2 aliphatic heterocycles. The fourth-order valence-corrected chi connectivity index (χ4v) is 4.94. The van der Waals surface area contributed by atoms with Gasteiger partial charge in [0.15, 0.2) is 0 Å². The molecule has 0 radical (unpaired) electrons. The molecule has 0 bridgehead atoms. The summed E-state index contributed by atoms with van der Waals surface area (Å²) in [6.45, 7) is 9.85. The van der Waals surface area contributed by atoms with Crippen molar-refractivity contribution in [1.82, 2.24) is 19.8 Å². The predicted octanol–water partition coefficient (Wildman–Crippen LogP) is 3.72. The van der Waals surface area contributed by atoms with Crippen LogP contribution in [0.2, 0.25) is 0 Å². The lowest BCUT2D eigenvalue weighted by atomic mass is 10.0. The van der Waals surface area contributed by atoms with E-state index in [1.54, 1.807) is 0 Å². The molecule has 2 aromatic carbocycles. The molecule has 1 aromatic heterocycles. The van der Waals surface area contributed by atoms with Crippen molar-refractivity contribution in [3.63, 3.8) is 0 Å². The lowest BCUT2D eigenvalue weighted by Gasteiger charge is -2.44. The van der Waals surface area contributed by atoms with Gasteiger partial charge in [0.1, 0.15) is 0 Å². The van der Waals surface area contributed by atoms with Crippen LogP contribution >= 0.6 is 0 Å². The van der Waals surface area contributed by atoms with Crippen LogP contribution < -0.4 is 4.90 Å². The molecular formula is C25H31N5. The number of piperazine rings is 1. The number of hydrogen-bond donors (Lipinski definition) is 0. The van der Waals surface area contributed by atoms with Crippen molar-refractivity contribution in [2.24, 2.45) is 0 Å². The first-order valence-corrected chi connectivity index (χ1v) is 11.2. The van der Waals surface area contributed by atoms with Crippen molar-refractivity contribution in [2.45, 2.75) is 32.4 Å². The van der Waals surface area contributed by atoms with E-state index in [2.05, 4.69) is 58.0 Å². The number of benzene rings is 2. The molecule has 30 heavy (non-hydrogen) atoms. The number of fused-ring (bicyclic) bond motifs is 1. The summed E-state index contributed by atoms with van der Waals surface area (Å²) in [5.41, 5.74) is 5.54. The van der Waals surface area contributed by atoms with Gasteiger partial charge in [-0.05, 0) is 50.6 Å². The third-order valence-corrected chi connectivity index (χ3v) is 6.65. The molecule has 0 saturated carbocycles. The first-order chi connectivity index (χ1) is 14.8. The Labute approximate surface area is 179 Å². The lowest BCUT2D eigenvalue weighted by Crippen LogP contribution is -2.55. The van der Waals surface area contributed by atoms with Crippen molar-refractivity contribution < 1.29 is 0 Å². The van der Waals surface area contributed by atoms with Gasteiger partial charge in [0.2, 0.25) is 0 Å². The molecule has 3 aromatic rings. The van der Waals surface area contributed by atoms with E-state index in [1.165, 1.54) is 18.5 Å². The highest BCUT2D eigenvalue weighted by molar-refractivity contribution is 5.74. The van der Waals surface area contributed by atoms with Gasteiger partial charge in [-0.2, -0.15) is 0 Å². The number of para-hydroxylation sites is 3. The minimum absolute atomic E-state index is 0.658. The normalized spacial score (nSPS) is 21.2. The Morgan fingerprint density at radius 3 is 2.30 bits per heavy atom. The summed E-state index contributed by atoms with van der Waals surface area (Å²) in [6.07, 6.45) is 2.58. The molecule has 156 valence electrons. The number of hydrogen-bond acceptors (Lipinski definition) is 5. The van der Waals surface area contributed by atoms with Crippen LogP contribution in [0.25, 0.3) is 11.0 Å². The Hall–Kier alpha value is -2.50. The van der Waals surface area contributed by atoms with Gasteiger partial charge in [-0.1, -0.05) is 30.3 Å². The maximum absolute atomic E-state index is 4.93. The van der Waals surface area contributed by atoms with E-state index >= 15 is 0 Å². The van der Waals surface area contributed by atoms with Gasteiger partial charge in [0.05, 0.1) is 22.4 Å². The van der Waals surface area contributed by atoms with Gasteiger partial charge in [-0.3, -0.25) is 9.80 Å². The summed E-state index contributed by atoms with van der Waals surface area (Å²) in [6, 6.07) is 19.7. The molecule has 5 nitrogen and oxygen atoms in total. The molecule has 0 unspecified atom stereocenters. The standard InChI is InChI=1S/C25H31N5/c1-20-25(27-24-12-6-5-11-23(24)26-20)19-28-13-7-10-22(18-28)30-16-14-29(15-17-30)21-8-3-2-4-9-21/h2-6,8-9,11-12,22H,7,10,13-19H2,1H3/t22-/m1/s1. The fraction of sp³-hybridized carbons (Fsp3) is 0.440. The number of rotatable bonds is 4. The van der Waals surface area contributed by atoms with Crippen LogP contribution in [0.4, 0.5) is 5.69 Å². The molecule has 2 saturated heterocycles. The highest BCUT2D eigenvalue weighted by atomic mass is 15.3. The summed E-state index contributed by atoms with van der Waals surface area (Å²) in [5, 5.41) is 0. The van der Waals surface area contributed by atoms with Crippen LogP contribution in [0.3, 0.4) is 0 Å². The molecule has 5 rings (SSSR count). The third-order valence-electron chi connectivity index (χ3n) is 6.65. The monoisotopic (exact) mass is 401 g/mol. The molecule has 0 aliphatic carbocycles. The zero-order valence-electron chi connectivity index (χ0n) is 17.9. The van der Waals surface area contributed by atoms with Crippen molar-refractivity contribution in [3.8, 4) is 0 Å². The van der Waals surface area contributed by atoms with Crippen LogP contribution in [-0.4, -0.2) is 65.1 Å². The average molecular weight is 402 g/mol. The molecule has 0 amide bonds. The molecule has 3 heterocycles. The fourth-order valence-electron chi connectivity index (χ4n) is 4.94. The smallest absolute Gasteiger partial charge is 0.0890 e. The molecule has 0 spiro atoms. The van der Waals surface area contributed by atoms with Crippen molar-refractivity contribution >= 4 is 16.7 Å². The quantitative estimate of drug-likeness (QED) is 0.666. The summed E-state index contributed by atoms with van der Waals surface area (Å²) >= 11 is 0. The first-order valence-electron chi connectivity index (χ1n) is 11.2. The number of nitrogens with zero attached hydrogens (tertiary/aromatic N) is 5. The van der Waals surface area contributed by atoms with Crippen LogP contribution in [0, 0.1) is 6.92 Å². The van der Waals surface area contributed by atoms with E-state index < -0.39 is 0 Å². The predicted molar refractivity (Wildman–Crippen MR) is 123 cm³/mol. The Bertz CT molecular complexity index is 981. The van der Waals surface area contributed by atoms with Crippen LogP contribution in [0.1, 0.15) is 24.2 Å². The van der Waals surface area contributed by atoms with E-state index in [9.17, 15) is 0 Å². The third kappa shape index (κ3) is 4.18. The van der Waals surface area contributed by atoms with E-state index in [0.717, 1.165) is 68.2 Å². The molecule has 2 aliphatic rings. The highest BCUT2D eigenvalue weighted by Gasteiger charge is 2.28. The highest BCUT2D eigenvalue weighted by Crippen LogP contribution is 2.22. The topological polar surface area (TPSA) is 35.5 Å². The summed E-state index contributed by atoms with van der Waals surface area (Å²) in [7, 11) is 0. The van der Waals surface area contributed by atoms with E-state index in [4.69, 9.17) is 9.97 Å². The minimum atomic E-state index is 0.658. The number of piperidine rings is 1. The SMILES string of the molecule is Cc1nc2ccccc2nc1CN1CCC[C@@H](N2CCN(c3ccccc3)CC2)C1. The summed E-state index contributed by atoms with van der Waals surface area (Å²) in [5.74, 6) is 0. The van der Waals surface area contributed by atoms with Crippen molar-refractivity contribution in [1.29, 1.82) is 0 Å². The number of aryl methyl sites for hydroxylation is 1. The largest absolute Gasteiger partial charge is 0.369 e. The second-order valence-electron chi connectivity index (χ2n) is 8.63. The maximum atomic E-state index is 4.93. The zero-order chi connectivity index (χ0) is 20.3. The van der Waals surface area contributed by atoms with Crippen LogP contribution in [-0.2, 0) is 6.54 Å². The Morgan fingerprint density at radius 2 is 1.53 bits per heavy atom. The molecular weight excluding hydrogens is 370 g/mol. The van der Waals surface area contributed by atoms with Gasteiger partial charge in [-0.25, -0.2) is 9.97 Å². The Morgan fingerprint density at radius 1 is 0.833 bits per heavy atom. The number of aromatic nitrogens is 2. The summed E-state index contributed by atoms with van der Waals surface area (Å²) < 4.78 is 0. The van der Waals surface area contributed by atoms with E-state index in [-0.39, 0.29) is 0 Å². The van der Waals surface area contributed by atoms with Gasteiger partial charge in [-0.15, -0.1) is 0 Å². The van der Waals surface area contributed by atoms with Gasteiger partial charge in [0, 0.05) is 51.0 Å².